The van der Waals surface area contributed by atoms with E-state index < -0.39 is 28.7 Å². The van der Waals surface area contributed by atoms with Gasteiger partial charge in [-0.3, -0.25) is 4.90 Å². The van der Waals surface area contributed by atoms with Crippen molar-refractivity contribution in [2.75, 3.05) is 20.2 Å². The summed E-state index contributed by atoms with van der Waals surface area (Å²) in [5, 5.41) is 22.4. The molecule has 3 heterocycles. The second-order valence-corrected chi connectivity index (χ2v) is 10.2. The normalized spacial score (nSPS) is 44.5. The molecule has 7 heteroatoms. The van der Waals surface area contributed by atoms with E-state index in [-0.39, 0.29) is 12.5 Å². The first-order valence-corrected chi connectivity index (χ1v) is 11.9. The van der Waals surface area contributed by atoms with Crippen LogP contribution in [0.2, 0.25) is 0 Å². The van der Waals surface area contributed by atoms with Crippen molar-refractivity contribution in [3.8, 4) is 0 Å². The van der Waals surface area contributed by atoms with Crippen LogP contribution in [-0.4, -0.2) is 64.6 Å². The summed E-state index contributed by atoms with van der Waals surface area (Å²) in [6.07, 6.45) is 8.27. The molecule has 2 N–H and O–H groups in total. The number of piperidine rings is 1. The van der Waals surface area contributed by atoms with Gasteiger partial charge in [-0.15, -0.1) is 0 Å². The average Bonchev–Trinajstić information content (AvgIpc) is 3.12. The third-order valence-corrected chi connectivity index (χ3v) is 8.76. The molecule has 0 amide bonds. The molecule has 4 bridgehead atoms. The molecule has 7 nitrogen and oxygen atoms in total. The summed E-state index contributed by atoms with van der Waals surface area (Å²) in [4.78, 5) is 13.8. The average molecular weight is 452 g/mol. The van der Waals surface area contributed by atoms with E-state index in [0.29, 0.717) is 18.8 Å². The number of nitrogens with zero attached hydrogens (tertiary/aromatic N) is 1. The molecule has 3 aliphatic heterocycles. The fourth-order valence-electron chi connectivity index (χ4n) is 7.28. The second-order valence-electron chi connectivity index (χ2n) is 10.2. The molecule has 2 saturated heterocycles. The molecule has 1 aromatic rings. The summed E-state index contributed by atoms with van der Waals surface area (Å²) >= 11 is 0. The van der Waals surface area contributed by atoms with E-state index in [1.807, 2.05) is 18.2 Å². The lowest BCUT2D eigenvalue weighted by Crippen LogP contribution is -2.78. The standard InChI is InChI=1S/C26H29NO6/c1-27-14-13-23-21-18-9-12-25(29)22(21)31-26(23,33-32-25)20(28)10-11-24(23,19(27)16-18)30-15-5-8-17-6-3-2-4-7-17/h2-4,6-7,9-11,19-20,28-29H,5,8,12-16H2,1H3/t19-,20+,23-,24-,25?,26-/m1/s1. The largest absolute Gasteiger partial charge is 0.454 e. The minimum atomic E-state index is -1.66. The predicted octanol–water partition coefficient (Wildman–Crippen LogP) is 2.36. The number of aliphatic hydroxyl groups is 2. The van der Waals surface area contributed by atoms with Crippen molar-refractivity contribution in [2.45, 2.75) is 61.4 Å². The molecule has 3 aliphatic carbocycles. The minimum absolute atomic E-state index is 0.0527. The quantitative estimate of drug-likeness (QED) is 0.404. The van der Waals surface area contributed by atoms with Gasteiger partial charge in [-0.05, 0) is 50.4 Å². The number of rotatable bonds is 5. The molecule has 6 atom stereocenters. The molecular formula is C26H29NO6. The summed E-state index contributed by atoms with van der Waals surface area (Å²) in [6.45, 7) is 1.36. The fourth-order valence-corrected chi connectivity index (χ4v) is 7.28. The Morgan fingerprint density at radius 3 is 2.91 bits per heavy atom. The zero-order chi connectivity index (χ0) is 22.5. The van der Waals surface area contributed by atoms with Crippen molar-refractivity contribution in [1.29, 1.82) is 0 Å². The highest BCUT2D eigenvalue weighted by Crippen LogP contribution is 2.74. The van der Waals surface area contributed by atoms with Gasteiger partial charge in [0.15, 0.2) is 5.76 Å². The maximum absolute atomic E-state index is 11.2. The molecule has 6 aliphatic rings. The van der Waals surface area contributed by atoms with Crippen LogP contribution < -0.4 is 0 Å². The molecule has 1 unspecified atom stereocenters. The lowest BCUT2D eigenvalue weighted by molar-refractivity contribution is -0.550. The SMILES string of the molecule is CN1CC[C@]23C4=C5O[C@]26OOC5(O)CC=C4C[C@@H]1[C@]3(OCCCc1ccccc1)C=C[C@@H]6O. The van der Waals surface area contributed by atoms with Gasteiger partial charge in [0, 0.05) is 24.6 Å². The van der Waals surface area contributed by atoms with E-state index in [1.165, 1.54) is 5.56 Å². The summed E-state index contributed by atoms with van der Waals surface area (Å²) < 4.78 is 13.3. The van der Waals surface area contributed by atoms with Crippen LogP contribution >= 0.6 is 0 Å². The fraction of sp³-hybridized carbons (Fsp3) is 0.538. The van der Waals surface area contributed by atoms with Crippen molar-refractivity contribution in [1.82, 2.24) is 4.90 Å². The topological polar surface area (TPSA) is 80.6 Å². The van der Waals surface area contributed by atoms with Crippen LogP contribution in [0.25, 0.3) is 0 Å². The Labute approximate surface area is 192 Å². The zero-order valence-corrected chi connectivity index (χ0v) is 18.7. The molecule has 0 radical (unpaired) electrons. The Morgan fingerprint density at radius 2 is 2.06 bits per heavy atom. The molecular weight excluding hydrogens is 422 g/mol. The minimum Gasteiger partial charge on any atom is -0.454 e. The number of ether oxygens (including phenoxy) is 2. The third-order valence-electron chi connectivity index (χ3n) is 8.76. The molecule has 1 saturated carbocycles. The molecule has 33 heavy (non-hydrogen) atoms. The first kappa shape index (κ1) is 20.4. The van der Waals surface area contributed by atoms with E-state index in [4.69, 9.17) is 19.2 Å². The highest BCUT2D eigenvalue weighted by atomic mass is 17.3. The number of likely N-dealkylation sites (tertiary alicyclic amines) is 1. The lowest BCUT2D eigenvalue weighted by Gasteiger charge is -2.66. The van der Waals surface area contributed by atoms with Gasteiger partial charge in [0.2, 0.25) is 0 Å². The van der Waals surface area contributed by atoms with Gasteiger partial charge >= 0.3 is 0 Å². The van der Waals surface area contributed by atoms with Crippen LogP contribution in [0.3, 0.4) is 0 Å². The molecule has 174 valence electrons. The van der Waals surface area contributed by atoms with Gasteiger partial charge in [0.25, 0.3) is 11.6 Å². The zero-order valence-electron chi connectivity index (χ0n) is 18.7. The molecule has 2 spiro atoms. The van der Waals surface area contributed by atoms with Crippen molar-refractivity contribution in [3.63, 3.8) is 0 Å². The third kappa shape index (κ3) is 2.26. The van der Waals surface area contributed by atoms with Crippen LogP contribution in [0.4, 0.5) is 0 Å². The Balaban J connectivity index is 1.33. The van der Waals surface area contributed by atoms with E-state index in [2.05, 4.69) is 36.2 Å². The van der Waals surface area contributed by atoms with Crippen LogP contribution in [-0.2, 0) is 25.7 Å². The first-order valence-electron chi connectivity index (χ1n) is 11.9. The predicted molar refractivity (Wildman–Crippen MR) is 117 cm³/mol. The Hall–Kier alpha value is -2.00. The highest BCUT2D eigenvalue weighted by molar-refractivity contribution is 5.59. The summed E-state index contributed by atoms with van der Waals surface area (Å²) in [5.74, 6) is -2.73. The maximum atomic E-state index is 11.2. The maximum Gasteiger partial charge on any atom is 0.282 e. The number of aliphatic hydroxyl groups excluding tert-OH is 1. The number of hydrogen-bond acceptors (Lipinski definition) is 7. The van der Waals surface area contributed by atoms with Gasteiger partial charge in [0.1, 0.15) is 17.1 Å². The van der Waals surface area contributed by atoms with Crippen LogP contribution in [0.15, 0.2) is 65.5 Å². The van der Waals surface area contributed by atoms with Crippen molar-refractivity contribution >= 4 is 0 Å². The number of aryl methyl sites for hydroxylation is 1. The van der Waals surface area contributed by atoms with Gasteiger partial charge in [-0.25, -0.2) is 0 Å². The summed E-state index contributed by atoms with van der Waals surface area (Å²) in [7, 11) is 2.13. The van der Waals surface area contributed by atoms with Gasteiger partial charge in [-0.1, -0.05) is 48.6 Å². The van der Waals surface area contributed by atoms with E-state index in [1.54, 1.807) is 6.08 Å². The molecule has 7 rings (SSSR count). The highest BCUT2D eigenvalue weighted by Gasteiger charge is 2.84. The molecule has 0 aromatic heterocycles. The summed E-state index contributed by atoms with van der Waals surface area (Å²) in [6, 6.07) is 10.5. The van der Waals surface area contributed by atoms with Crippen molar-refractivity contribution in [2.24, 2.45) is 5.41 Å². The smallest absolute Gasteiger partial charge is 0.282 e. The number of hydrogen-bond donors (Lipinski definition) is 2. The molecule has 1 aromatic carbocycles. The van der Waals surface area contributed by atoms with Gasteiger partial charge < -0.3 is 19.7 Å². The van der Waals surface area contributed by atoms with E-state index in [9.17, 15) is 10.2 Å². The van der Waals surface area contributed by atoms with Crippen LogP contribution in [0.5, 0.6) is 0 Å². The van der Waals surface area contributed by atoms with E-state index in [0.717, 1.165) is 37.0 Å². The molecule has 3 fully saturated rings. The first-order chi connectivity index (χ1) is 16.0. The van der Waals surface area contributed by atoms with Crippen molar-refractivity contribution in [3.05, 3.63) is 71.0 Å². The van der Waals surface area contributed by atoms with E-state index >= 15 is 0 Å². The Kier molecular flexibility index (Phi) is 4.05. The monoisotopic (exact) mass is 451 g/mol. The lowest BCUT2D eigenvalue weighted by atomic mass is 9.47. The Morgan fingerprint density at radius 1 is 1.21 bits per heavy atom. The van der Waals surface area contributed by atoms with Crippen molar-refractivity contribution < 1.29 is 29.5 Å². The Bertz CT molecular complexity index is 1100. The number of likely N-dealkylation sites (N-methyl/N-ethyl adjacent to an activating group) is 1. The van der Waals surface area contributed by atoms with Crippen LogP contribution in [0, 0.1) is 5.41 Å². The van der Waals surface area contributed by atoms with Gasteiger partial charge in [-0.2, -0.15) is 9.78 Å². The van der Waals surface area contributed by atoms with Crippen LogP contribution in [0.1, 0.15) is 31.2 Å². The van der Waals surface area contributed by atoms with Gasteiger partial charge in [0.05, 0.1) is 0 Å². The second kappa shape index (κ2) is 6.56. The summed E-state index contributed by atoms with van der Waals surface area (Å²) in [5.41, 5.74) is 1.78. The number of benzene rings is 1.